The smallest absolute Gasteiger partial charge is 0.408 e. The minimum Gasteiger partial charge on any atom is -0.466 e. The standard InChI is InChI=1S/C32H54N4O9/c1-9-44-26(39)13-12-23(16-22-14-15-33-28(22)40)34-29(41)21(11-10-19(2)3)17-25(38)27(20(4)5)36-30(42)24(18-37)35-31(43)45-32(6,7)8/h10,20-24,27,37H,9,11-18H2,1-8H3,(H,33,40)(H,34,41)(H,35,43)(H,36,42)/t21-,22+,23-,24+,27+/m1/s1. The summed E-state index contributed by atoms with van der Waals surface area (Å²) in [5.41, 5.74) is 0.133. The molecule has 0 radical (unpaired) electrons. The van der Waals surface area contributed by atoms with Crippen LogP contribution in [0.15, 0.2) is 11.6 Å². The average molecular weight is 639 g/mol. The van der Waals surface area contributed by atoms with Crippen LogP contribution in [0, 0.1) is 17.8 Å². The number of aliphatic hydroxyl groups excluding tert-OH is 1. The van der Waals surface area contributed by atoms with E-state index >= 15 is 0 Å². The molecule has 0 aromatic heterocycles. The van der Waals surface area contributed by atoms with Crippen molar-refractivity contribution in [2.45, 2.75) is 118 Å². The van der Waals surface area contributed by atoms with Gasteiger partial charge < -0.3 is 35.8 Å². The van der Waals surface area contributed by atoms with Gasteiger partial charge in [0.25, 0.3) is 0 Å². The zero-order chi connectivity index (χ0) is 34.3. The fourth-order valence-corrected chi connectivity index (χ4v) is 4.85. The minimum absolute atomic E-state index is 0.0650. The molecule has 256 valence electrons. The summed E-state index contributed by atoms with van der Waals surface area (Å²) >= 11 is 0. The lowest BCUT2D eigenvalue weighted by atomic mass is 9.89. The molecule has 5 N–H and O–H groups in total. The summed E-state index contributed by atoms with van der Waals surface area (Å²) in [5.74, 6) is -3.52. The van der Waals surface area contributed by atoms with Crippen LogP contribution in [0.3, 0.4) is 0 Å². The number of carbonyl (C=O) groups is 6. The quantitative estimate of drug-likeness (QED) is 0.111. The fourth-order valence-electron chi connectivity index (χ4n) is 4.85. The summed E-state index contributed by atoms with van der Waals surface area (Å²) < 4.78 is 10.2. The first-order valence-corrected chi connectivity index (χ1v) is 15.8. The van der Waals surface area contributed by atoms with E-state index in [0.717, 1.165) is 5.57 Å². The second kappa shape index (κ2) is 19.1. The Bertz CT molecular complexity index is 1060. The number of ether oxygens (including phenoxy) is 2. The summed E-state index contributed by atoms with van der Waals surface area (Å²) in [6, 6.07) is -2.85. The first kappa shape index (κ1) is 39.5. The monoisotopic (exact) mass is 638 g/mol. The van der Waals surface area contributed by atoms with Crippen molar-refractivity contribution in [2.75, 3.05) is 19.8 Å². The normalized spacial score (nSPS) is 17.3. The van der Waals surface area contributed by atoms with Crippen molar-refractivity contribution < 1.29 is 43.3 Å². The minimum atomic E-state index is -1.35. The van der Waals surface area contributed by atoms with E-state index in [9.17, 15) is 33.9 Å². The molecule has 1 fully saturated rings. The van der Waals surface area contributed by atoms with Crippen LogP contribution in [0.1, 0.15) is 93.9 Å². The Kier molecular flexibility index (Phi) is 16.8. The maximum Gasteiger partial charge on any atom is 0.408 e. The Labute approximate surface area is 267 Å². The number of alkyl carbamates (subject to hydrolysis) is 1. The van der Waals surface area contributed by atoms with Crippen molar-refractivity contribution in [1.82, 2.24) is 21.3 Å². The summed E-state index contributed by atoms with van der Waals surface area (Å²) in [4.78, 5) is 76.7. The zero-order valence-corrected chi connectivity index (χ0v) is 28.1. The first-order valence-electron chi connectivity index (χ1n) is 15.8. The highest BCUT2D eigenvalue weighted by Gasteiger charge is 2.34. The van der Waals surface area contributed by atoms with E-state index in [2.05, 4.69) is 21.3 Å². The summed E-state index contributed by atoms with van der Waals surface area (Å²) in [6.07, 6.45) is 2.32. The lowest BCUT2D eigenvalue weighted by Gasteiger charge is -2.27. The number of esters is 1. The van der Waals surface area contributed by atoms with E-state index in [0.29, 0.717) is 19.4 Å². The van der Waals surface area contributed by atoms with Crippen molar-refractivity contribution >= 4 is 35.6 Å². The third-order valence-corrected chi connectivity index (χ3v) is 7.21. The van der Waals surface area contributed by atoms with E-state index in [-0.39, 0.29) is 50.0 Å². The van der Waals surface area contributed by atoms with Gasteiger partial charge in [-0.25, -0.2) is 4.79 Å². The molecule has 5 atom stereocenters. The Morgan fingerprint density at radius 3 is 2.24 bits per heavy atom. The van der Waals surface area contributed by atoms with Crippen molar-refractivity contribution in [1.29, 1.82) is 0 Å². The van der Waals surface area contributed by atoms with Crippen LogP contribution in [0.5, 0.6) is 0 Å². The van der Waals surface area contributed by atoms with Gasteiger partial charge in [0.15, 0.2) is 5.78 Å². The van der Waals surface area contributed by atoms with E-state index in [1.807, 2.05) is 19.9 Å². The van der Waals surface area contributed by atoms with Gasteiger partial charge >= 0.3 is 12.1 Å². The molecule has 0 aromatic carbocycles. The SMILES string of the molecule is CCOC(=O)CC[C@H](C[C@@H]1CCNC1=O)NC(=O)[C@H](CC=C(C)C)CC(=O)[C@@H](NC(=O)[C@H](CO)NC(=O)OC(C)(C)C)C(C)C. The number of hydrogen-bond donors (Lipinski definition) is 5. The van der Waals surface area contributed by atoms with E-state index < -0.39 is 65.9 Å². The molecule has 13 heteroatoms. The molecule has 1 aliphatic rings. The molecule has 1 heterocycles. The van der Waals surface area contributed by atoms with E-state index in [1.54, 1.807) is 41.5 Å². The van der Waals surface area contributed by atoms with Gasteiger partial charge in [0.05, 0.1) is 19.3 Å². The van der Waals surface area contributed by atoms with Gasteiger partial charge in [0, 0.05) is 37.3 Å². The van der Waals surface area contributed by atoms with Crippen LogP contribution in [0.25, 0.3) is 0 Å². The predicted molar refractivity (Wildman–Crippen MR) is 168 cm³/mol. The Morgan fingerprint density at radius 2 is 1.73 bits per heavy atom. The third-order valence-electron chi connectivity index (χ3n) is 7.21. The molecule has 45 heavy (non-hydrogen) atoms. The number of ketones is 1. The van der Waals surface area contributed by atoms with Crippen LogP contribution in [-0.2, 0) is 33.4 Å². The number of nitrogens with one attached hydrogen (secondary N) is 4. The number of hydrogen-bond acceptors (Lipinski definition) is 9. The van der Waals surface area contributed by atoms with E-state index in [1.165, 1.54) is 0 Å². The largest absolute Gasteiger partial charge is 0.466 e. The molecule has 13 nitrogen and oxygen atoms in total. The first-order chi connectivity index (χ1) is 21.0. The van der Waals surface area contributed by atoms with Crippen LogP contribution in [0.2, 0.25) is 0 Å². The van der Waals surface area contributed by atoms with Gasteiger partial charge in [-0.05, 0) is 73.1 Å². The van der Waals surface area contributed by atoms with Gasteiger partial charge in [-0.15, -0.1) is 0 Å². The van der Waals surface area contributed by atoms with E-state index in [4.69, 9.17) is 9.47 Å². The van der Waals surface area contributed by atoms with Crippen LogP contribution in [0.4, 0.5) is 4.79 Å². The molecule has 0 unspecified atom stereocenters. The summed E-state index contributed by atoms with van der Waals surface area (Å²) in [5, 5.41) is 20.5. The highest BCUT2D eigenvalue weighted by atomic mass is 16.6. The van der Waals surface area contributed by atoms with Crippen molar-refractivity contribution in [2.24, 2.45) is 17.8 Å². The fraction of sp³-hybridized carbons (Fsp3) is 0.750. The van der Waals surface area contributed by atoms with Crippen LogP contribution < -0.4 is 21.3 Å². The predicted octanol–water partition coefficient (Wildman–Crippen LogP) is 2.30. The molecule has 0 spiro atoms. The molecule has 0 aromatic rings. The zero-order valence-electron chi connectivity index (χ0n) is 28.1. The lowest BCUT2D eigenvalue weighted by molar-refractivity contribution is -0.143. The highest BCUT2D eigenvalue weighted by molar-refractivity contribution is 5.94. The number of aliphatic hydroxyl groups is 1. The van der Waals surface area contributed by atoms with Gasteiger partial charge in [-0.1, -0.05) is 25.5 Å². The second-order valence-corrected chi connectivity index (χ2v) is 13.1. The number of allylic oxidation sites excluding steroid dienone is 2. The lowest BCUT2D eigenvalue weighted by Crippen LogP contribution is -2.55. The highest BCUT2D eigenvalue weighted by Crippen LogP contribution is 2.21. The molecule has 0 aliphatic carbocycles. The van der Waals surface area contributed by atoms with Crippen LogP contribution >= 0.6 is 0 Å². The van der Waals surface area contributed by atoms with Gasteiger partial charge in [-0.3, -0.25) is 24.0 Å². The maximum atomic E-state index is 13.6. The number of carbonyl (C=O) groups excluding carboxylic acids is 6. The molecule has 1 aliphatic heterocycles. The van der Waals surface area contributed by atoms with Gasteiger partial charge in [0.1, 0.15) is 11.6 Å². The Hall–Kier alpha value is -3.48. The number of amides is 4. The maximum absolute atomic E-state index is 13.6. The molecule has 0 bridgehead atoms. The molecule has 1 saturated heterocycles. The second-order valence-electron chi connectivity index (χ2n) is 13.1. The van der Waals surface area contributed by atoms with Gasteiger partial charge in [0.2, 0.25) is 17.7 Å². The van der Waals surface area contributed by atoms with Crippen molar-refractivity contribution in [3.05, 3.63) is 11.6 Å². The van der Waals surface area contributed by atoms with Gasteiger partial charge in [-0.2, -0.15) is 0 Å². The number of rotatable bonds is 18. The van der Waals surface area contributed by atoms with Crippen LogP contribution in [-0.4, -0.2) is 84.2 Å². The Balaban J connectivity index is 3.09. The molecule has 1 rings (SSSR count). The summed E-state index contributed by atoms with van der Waals surface area (Å²) in [7, 11) is 0. The molecule has 4 amide bonds. The molecular formula is C32H54N4O9. The molecule has 0 saturated carbocycles. The molecular weight excluding hydrogens is 584 g/mol. The number of Topliss-reactive ketones (excluding diaryl/α,β-unsaturated/α-hetero) is 1. The van der Waals surface area contributed by atoms with Crippen molar-refractivity contribution in [3.63, 3.8) is 0 Å². The Morgan fingerprint density at radius 1 is 1.07 bits per heavy atom. The third kappa shape index (κ3) is 15.4. The van der Waals surface area contributed by atoms with Crippen molar-refractivity contribution in [3.8, 4) is 0 Å². The average Bonchev–Trinajstić information content (AvgIpc) is 3.33. The summed E-state index contributed by atoms with van der Waals surface area (Å²) in [6.45, 7) is 14.0. The topological polar surface area (TPSA) is 189 Å².